The molecule has 15 heavy (non-hydrogen) atoms. The Morgan fingerprint density at radius 1 is 1.47 bits per heavy atom. The molecule has 1 saturated heterocycles. The van der Waals surface area contributed by atoms with Crippen LogP contribution >= 0.6 is 0 Å². The number of nitrogens with zero attached hydrogens (tertiary/aromatic N) is 1. The number of imide groups is 1. The summed E-state index contributed by atoms with van der Waals surface area (Å²) in [6.45, 7) is 0.256. The molecule has 0 bridgehead atoms. The van der Waals surface area contributed by atoms with Crippen molar-refractivity contribution in [1.82, 2.24) is 10.2 Å². The summed E-state index contributed by atoms with van der Waals surface area (Å²) in [6, 6.07) is -0.494. The smallest absolute Gasteiger partial charge is 0.234 e. The molecule has 0 aromatic carbocycles. The van der Waals surface area contributed by atoms with E-state index in [1.54, 1.807) is 7.05 Å². The van der Waals surface area contributed by atoms with Gasteiger partial charge in [0, 0.05) is 19.4 Å². The van der Waals surface area contributed by atoms with Crippen molar-refractivity contribution in [2.75, 3.05) is 13.6 Å². The molecule has 1 heterocycles. The molecule has 6 nitrogen and oxygen atoms in total. The van der Waals surface area contributed by atoms with Crippen molar-refractivity contribution in [2.45, 2.75) is 25.3 Å². The van der Waals surface area contributed by atoms with Crippen molar-refractivity contribution in [1.29, 1.82) is 0 Å². The van der Waals surface area contributed by atoms with Gasteiger partial charge in [0.2, 0.25) is 17.7 Å². The standard InChI is InChI=1S/C9H15N3O3/c1-11-6(9(10)15)4-5-12-7(13)2-3-8(12)14/h6,11H,2-5H2,1H3,(H2,10,15). The first kappa shape index (κ1) is 11.6. The van der Waals surface area contributed by atoms with Gasteiger partial charge in [-0.3, -0.25) is 19.3 Å². The zero-order valence-corrected chi connectivity index (χ0v) is 8.66. The molecule has 0 spiro atoms. The van der Waals surface area contributed by atoms with Crippen molar-refractivity contribution in [3.63, 3.8) is 0 Å². The van der Waals surface area contributed by atoms with Crippen LogP contribution in [0.4, 0.5) is 0 Å². The average Bonchev–Trinajstić information content (AvgIpc) is 2.49. The lowest BCUT2D eigenvalue weighted by molar-refractivity contribution is -0.139. The van der Waals surface area contributed by atoms with E-state index < -0.39 is 11.9 Å². The third-order valence-electron chi connectivity index (χ3n) is 2.49. The quantitative estimate of drug-likeness (QED) is 0.549. The molecule has 0 radical (unpaired) electrons. The maximum absolute atomic E-state index is 11.2. The van der Waals surface area contributed by atoms with E-state index in [0.717, 1.165) is 0 Å². The Morgan fingerprint density at radius 3 is 2.40 bits per heavy atom. The summed E-state index contributed by atoms with van der Waals surface area (Å²) < 4.78 is 0. The van der Waals surface area contributed by atoms with Crippen molar-refractivity contribution < 1.29 is 14.4 Å². The molecule has 0 aromatic heterocycles. The predicted octanol–water partition coefficient (Wildman–Crippen LogP) is -1.40. The number of amides is 3. The summed E-state index contributed by atoms with van der Waals surface area (Å²) in [5.74, 6) is -0.810. The third-order valence-corrected chi connectivity index (χ3v) is 2.49. The van der Waals surface area contributed by atoms with Gasteiger partial charge in [-0.05, 0) is 13.5 Å². The molecule has 1 aliphatic heterocycles. The zero-order valence-electron chi connectivity index (χ0n) is 8.66. The summed E-state index contributed by atoms with van der Waals surface area (Å²) in [5, 5.41) is 2.73. The lowest BCUT2D eigenvalue weighted by atomic mass is 10.2. The number of rotatable bonds is 5. The van der Waals surface area contributed by atoms with Crippen LogP contribution in [0, 0.1) is 0 Å². The minimum absolute atomic E-state index is 0.167. The molecule has 0 saturated carbocycles. The fourth-order valence-electron chi connectivity index (χ4n) is 1.56. The average molecular weight is 213 g/mol. The van der Waals surface area contributed by atoms with Crippen LogP contribution < -0.4 is 11.1 Å². The van der Waals surface area contributed by atoms with Gasteiger partial charge in [0.1, 0.15) is 0 Å². The van der Waals surface area contributed by atoms with Gasteiger partial charge < -0.3 is 11.1 Å². The van der Waals surface area contributed by atoms with Crippen LogP contribution in [0.25, 0.3) is 0 Å². The second-order valence-electron chi connectivity index (χ2n) is 3.47. The van der Waals surface area contributed by atoms with E-state index in [9.17, 15) is 14.4 Å². The molecule has 0 aromatic rings. The molecular formula is C9H15N3O3. The first-order valence-corrected chi connectivity index (χ1v) is 4.86. The molecule has 1 aliphatic rings. The van der Waals surface area contributed by atoms with E-state index in [1.807, 2.05) is 0 Å². The van der Waals surface area contributed by atoms with E-state index in [0.29, 0.717) is 6.42 Å². The van der Waals surface area contributed by atoms with Gasteiger partial charge in [-0.2, -0.15) is 0 Å². The third kappa shape index (κ3) is 2.76. The van der Waals surface area contributed by atoms with Crippen LogP contribution in [0.3, 0.4) is 0 Å². The molecule has 1 unspecified atom stereocenters. The Kier molecular flexibility index (Phi) is 3.79. The fourth-order valence-corrected chi connectivity index (χ4v) is 1.56. The maximum Gasteiger partial charge on any atom is 0.234 e. The van der Waals surface area contributed by atoms with Gasteiger partial charge in [0.05, 0.1) is 6.04 Å². The summed E-state index contributed by atoms with van der Waals surface area (Å²) in [7, 11) is 1.61. The topological polar surface area (TPSA) is 92.5 Å². The number of hydrogen-bond donors (Lipinski definition) is 2. The molecule has 84 valence electrons. The lowest BCUT2D eigenvalue weighted by Gasteiger charge is -2.17. The Bertz CT molecular complexity index is 274. The molecule has 1 rings (SSSR count). The number of primary amides is 1. The van der Waals surface area contributed by atoms with Crippen LogP contribution in [-0.2, 0) is 14.4 Å². The highest BCUT2D eigenvalue weighted by molar-refractivity contribution is 6.01. The Morgan fingerprint density at radius 2 is 2.00 bits per heavy atom. The summed E-state index contributed by atoms with van der Waals surface area (Å²) in [6.07, 6.45) is 0.919. The highest BCUT2D eigenvalue weighted by Crippen LogP contribution is 2.12. The first-order valence-electron chi connectivity index (χ1n) is 4.86. The number of carbonyl (C=O) groups is 3. The summed E-state index contributed by atoms with van der Waals surface area (Å²) in [5.41, 5.74) is 5.11. The highest BCUT2D eigenvalue weighted by Gasteiger charge is 2.29. The van der Waals surface area contributed by atoms with Crippen LogP contribution in [0.1, 0.15) is 19.3 Å². The van der Waals surface area contributed by atoms with E-state index in [2.05, 4.69) is 5.32 Å². The summed E-state index contributed by atoms with van der Waals surface area (Å²) >= 11 is 0. The Labute approximate surface area is 87.8 Å². The maximum atomic E-state index is 11.2. The number of likely N-dealkylation sites (N-methyl/N-ethyl adjacent to an activating group) is 1. The largest absolute Gasteiger partial charge is 0.368 e. The SMILES string of the molecule is CNC(CCN1C(=O)CCC1=O)C(N)=O. The van der Waals surface area contributed by atoms with Crippen molar-refractivity contribution in [3.8, 4) is 0 Å². The van der Waals surface area contributed by atoms with E-state index in [4.69, 9.17) is 5.73 Å². The normalized spacial score (nSPS) is 18.3. The second kappa shape index (κ2) is 4.88. The van der Waals surface area contributed by atoms with Crippen LogP contribution in [-0.4, -0.2) is 42.3 Å². The predicted molar refractivity (Wildman–Crippen MR) is 52.6 cm³/mol. The molecular weight excluding hydrogens is 198 g/mol. The molecule has 3 N–H and O–H groups in total. The number of nitrogens with one attached hydrogen (secondary N) is 1. The lowest BCUT2D eigenvalue weighted by Crippen LogP contribution is -2.42. The van der Waals surface area contributed by atoms with E-state index in [-0.39, 0.29) is 31.2 Å². The van der Waals surface area contributed by atoms with Gasteiger partial charge in [-0.1, -0.05) is 0 Å². The zero-order chi connectivity index (χ0) is 11.4. The van der Waals surface area contributed by atoms with E-state index in [1.165, 1.54) is 4.90 Å². The van der Waals surface area contributed by atoms with Crippen molar-refractivity contribution in [3.05, 3.63) is 0 Å². The van der Waals surface area contributed by atoms with Crippen LogP contribution in [0.2, 0.25) is 0 Å². The van der Waals surface area contributed by atoms with Gasteiger partial charge >= 0.3 is 0 Å². The highest BCUT2D eigenvalue weighted by atomic mass is 16.2. The molecule has 1 fully saturated rings. The van der Waals surface area contributed by atoms with Crippen LogP contribution in [0.15, 0.2) is 0 Å². The van der Waals surface area contributed by atoms with Gasteiger partial charge in [0.25, 0.3) is 0 Å². The number of likely N-dealkylation sites (tertiary alicyclic amines) is 1. The van der Waals surface area contributed by atoms with Gasteiger partial charge in [0.15, 0.2) is 0 Å². The van der Waals surface area contributed by atoms with Crippen LogP contribution in [0.5, 0.6) is 0 Å². The molecule has 1 atom stereocenters. The monoisotopic (exact) mass is 213 g/mol. The first-order chi connectivity index (χ1) is 7.06. The molecule has 6 heteroatoms. The van der Waals surface area contributed by atoms with Crippen molar-refractivity contribution >= 4 is 17.7 Å². The summed E-state index contributed by atoms with van der Waals surface area (Å²) in [4.78, 5) is 34.5. The minimum atomic E-state index is -0.494. The van der Waals surface area contributed by atoms with E-state index >= 15 is 0 Å². The number of nitrogens with two attached hydrogens (primary N) is 1. The Balaban J connectivity index is 2.45. The number of carbonyl (C=O) groups excluding carboxylic acids is 3. The van der Waals surface area contributed by atoms with Gasteiger partial charge in [-0.25, -0.2) is 0 Å². The minimum Gasteiger partial charge on any atom is -0.368 e. The number of hydrogen-bond acceptors (Lipinski definition) is 4. The Hall–Kier alpha value is -1.43. The molecule has 3 amide bonds. The van der Waals surface area contributed by atoms with Crippen molar-refractivity contribution in [2.24, 2.45) is 5.73 Å². The van der Waals surface area contributed by atoms with Gasteiger partial charge in [-0.15, -0.1) is 0 Å². The fraction of sp³-hybridized carbons (Fsp3) is 0.667. The second-order valence-corrected chi connectivity index (χ2v) is 3.47. The molecule has 0 aliphatic carbocycles.